The average molecular weight is 382 g/mol. The van der Waals surface area contributed by atoms with Crippen molar-refractivity contribution in [2.75, 3.05) is 31.1 Å². The number of aromatic carboxylic acids is 1. The first-order valence-corrected chi connectivity index (χ1v) is 8.79. The molecule has 0 atom stereocenters. The van der Waals surface area contributed by atoms with E-state index in [1.165, 1.54) is 24.1 Å². The van der Waals surface area contributed by atoms with Crippen molar-refractivity contribution < 1.29 is 23.1 Å². The van der Waals surface area contributed by atoms with E-state index in [4.69, 9.17) is 0 Å². The lowest BCUT2D eigenvalue weighted by atomic mass is 10.1. The number of benzene rings is 2. The maximum absolute atomic E-state index is 12.9. The number of rotatable bonds is 4. The number of hydrogen-bond acceptors (Lipinski definition) is 4. The number of halogens is 3. The third-order valence-electron chi connectivity index (χ3n) is 4.12. The van der Waals surface area contributed by atoms with E-state index >= 15 is 0 Å². The van der Waals surface area contributed by atoms with Crippen LogP contribution in [0.5, 0.6) is 0 Å². The van der Waals surface area contributed by atoms with Gasteiger partial charge in [-0.1, -0.05) is 18.2 Å². The van der Waals surface area contributed by atoms with Crippen LogP contribution in [0.25, 0.3) is 0 Å². The van der Waals surface area contributed by atoms with E-state index in [9.17, 15) is 23.1 Å². The quantitative estimate of drug-likeness (QED) is 0.802. The zero-order chi connectivity index (χ0) is 18.7. The molecule has 0 saturated carbocycles. The van der Waals surface area contributed by atoms with Crippen molar-refractivity contribution in [3.05, 3.63) is 59.7 Å². The van der Waals surface area contributed by atoms with Gasteiger partial charge in [0.2, 0.25) is 0 Å². The molecule has 2 aromatic rings. The van der Waals surface area contributed by atoms with E-state index in [1.54, 1.807) is 30.3 Å². The first-order chi connectivity index (χ1) is 12.3. The van der Waals surface area contributed by atoms with Gasteiger partial charge in [0.15, 0.2) is 0 Å². The normalized spacial score (nSPS) is 15.9. The number of piperazine rings is 1. The van der Waals surface area contributed by atoms with Crippen molar-refractivity contribution in [3.63, 3.8) is 0 Å². The lowest BCUT2D eigenvalue weighted by molar-refractivity contribution is -0.137. The fourth-order valence-electron chi connectivity index (χ4n) is 2.78. The van der Waals surface area contributed by atoms with Crippen molar-refractivity contribution >= 4 is 23.6 Å². The fraction of sp³-hybridized carbons (Fsp3) is 0.278. The Bertz CT molecular complexity index is 790. The van der Waals surface area contributed by atoms with Gasteiger partial charge in [-0.2, -0.15) is 13.2 Å². The smallest absolute Gasteiger partial charge is 0.416 e. The molecule has 0 unspecified atom stereocenters. The number of carboxylic acids is 1. The number of hydrogen-bond donors (Lipinski definition) is 1. The highest BCUT2D eigenvalue weighted by molar-refractivity contribution is 7.97. The summed E-state index contributed by atoms with van der Waals surface area (Å²) in [7, 11) is 0. The average Bonchev–Trinajstić information content (AvgIpc) is 2.62. The van der Waals surface area contributed by atoms with Gasteiger partial charge in [0.05, 0.1) is 11.1 Å². The number of anilines is 1. The first kappa shape index (κ1) is 18.6. The third-order valence-corrected chi connectivity index (χ3v) is 5.30. The van der Waals surface area contributed by atoms with Gasteiger partial charge in [0, 0.05) is 36.8 Å². The zero-order valence-corrected chi connectivity index (χ0v) is 14.6. The van der Waals surface area contributed by atoms with Crippen molar-refractivity contribution in [2.24, 2.45) is 0 Å². The Morgan fingerprint density at radius 1 is 1.00 bits per heavy atom. The van der Waals surface area contributed by atoms with Crippen LogP contribution in [0.1, 0.15) is 15.9 Å². The van der Waals surface area contributed by atoms with Crippen LogP contribution in [0.3, 0.4) is 0 Å². The minimum atomic E-state index is -4.35. The number of alkyl halides is 3. The van der Waals surface area contributed by atoms with Crippen LogP contribution in [0, 0.1) is 0 Å². The van der Waals surface area contributed by atoms with E-state index in [0.29, 0.717) is 36.8 Å². The van der Waals surface area contributed by atoms with Gasteiger partial charge in [0.25, 0.3) is 0 Å². The molecule has 0 amide bonds. The molecule has 4 nitrogen and oxygen atoms in total. The molecule has 1 aliphatic rings. The van der Waals surface area contributed by atoms with Gasteiger partial charge < -0.3 is 10.0 Å². The number of carboxylic acid groups (broad SMARTS) is 1. The molecule has 3 rings (SSSR count). The summed E-state index contributed by atoms with van der Waals surface area (Å²) in [4.78, 5) is 13.9. The standard InChI is InChI=1S/C18H17F3N2O2S/c19-18(20,21)13-4-3-5-14(12-13)22-8-10-23(11-9-22)26-16-7-2-1-6-15(16)17(24)25/h1-7,12H,8-11H2,(H,24,25). The summed E-state index contributed by atoms with van der Waals surface area (Å²) in [5.41, 5.74) is 0.149. The van der Waals surface area contributed by atoms with Crippen LogP contribution >= 0.6 is 11.9 Å². The molecule has 1 saturated heterocycles. The van der Waals surface area contributed by atoms with E-state index in [0.717, 1.165) is 6.07 Å². The maximum atomic E-state index is 12.9. The monoisotopic (exact) mass is 382 g/mol. The van der Waals surface area contributed by atoms with E-state index in [1.807, 2.05) is 9.21 Å². The summed E-state index contributed by atoms with van der Waals surface area (Å²) >= 11 is 1.37. The molecule has 1 fully saturated rings. The summed E-state index contributed by atoms with van der Waals surface area (Å²) in [5, 5.41) is 9.25. The van der Waals surface area contributed by atoms with E-state index in [2.05, 4.69) is 0 Å². The molecular formula is C18H17F3N2O2S. The van der Waals surface area contributed by atoms with Gasteiger partial charge >= 0.3 is 12.1 Å². The summed E-state index contributed by atoms with van der Waals surface area (Å²) in [5.74, 6) is -0.976. The van der Waals surface area contributed by atoms with Crippen molar-refractivity contribution in [2.45, 2.75) is 11.1 Å². The Morgan fingerprint density at radius 3 is 2.35 bits per heavy atom. The predicted octanol–water partition coefficient (Wildman–Crippen LogP) is 4.23. The minimum absolute atomic E-state index is 0.248. The highest BCUT2D eigenvalue weighted by atomic mass is 32.2. The second-order valence-corrected chi connectivity index (χ2v) is 7.00. The molecule has 0 aromatic heterocycles. The summed E-state index contributed by atoms with van der Waals surface area (Å²) in [6.07, 6.45) is -4.35. The molecule has 0 spiro atoms. The van der Waals surface area contributed by atoms with E-state index < -0.39 is 17.7 Å². The van der Waals surface area contributed by atoms with Gasteiger partial charge in [-0.05, 0) is 42.3 Å². The zero-order valence-electron chi connectivity index (χ0n) is 13.7. The molecular weight excluding hydrogens is 365 g/mol. The predicted molar refractivity (Wildman–Crippen MR) is 94.5 cm³/mol. The summed E-state index contributed by atoms with van der Waals surface area (Å²) in [6, 6.07) is 12.1. The molecule has 8 heteroatoms. The minimum Gasteiger partial charge on any atom is -0.478 e. The second-order valence-electron chi connectivity index (χ2n) is 5.86. The van der Waals surface area contributed by atoms with Crippen LogP contribution in [-0.2, 0) is 6.18 Å². The van der Waals surface area contributed by atoms with Crippen molar-refractivity contribution in [3.8, 4) is 0 Å². The second kappa shape index (κ2) is 7.59. The van der Waals surface area contributed by atoms with Crippen LogP contribution < -0.4 is 4.90 Å². The highest BCUT2D eigenvalue weighted by Gasteiger charge is 2.31. The van der Waals surface area contributed by atoms with Crippen molar-refractivity contribution in [1.29, 1.82) is 0 Å². The number of nitrogens with zero attached hydrogens (tertiary/aromatic N) is 2. The Balaban J connectivity index is 1.64. The van der Waals surface area contributed by atoms with Gasteiger partial charge in [-0.3, -0.25) is 0 Å². The van der Waals surface area contributed by atoms with E-state index in [-0.39, 0.29) is 5.56 Å². The summed E-state index contributed by atoms with van der Waals surface area (Å²) < 4.78 is 40.6. The molecule has 1 aliphatic heterocycles. The lowest BCUT2D eigenvalue weighted by Gasteiger charge is -2.35. The van der Waals surface area contributed by atoms with Crippen molar-refractivity contribution in [1.82, 2.24) is 4.31 Å². The summed E-state index contributed by atoms with van der Waals surface area (Å²) in [6.45, 7) is 2.39. The van der Waals surface area contributed by atoms with Gasteiger partial charge in [-0.15, -0.1) is 0 Å². The maximum Gasteiger partial charge on any atom is 0.416 e. The topological polar surface area (TPSA) is 43.8 Å². The third kappa shape index (κ3) is 4.31. The highest BCUT2D eigenvalue weighted by Crippen LogP contribution is 2.33. The Morgan fingerprint density at radius 2 is 1.69 bits per heavy atom. The largest absolute Gasteiger partial charge is 0.478 e. The molecule has 1 heterocycles. The Hall–Kier alpha value is -2.19. The fourth-order valence-corrected chi connectivity index (χ4v) is 3.80. The lowest BCUT2D eigenvalue weighted by Crippen LogP contribution is -2.43. The Labute approximate surface area is 153 Å². The molecule has 0 bridgehead atoms. The van der Waals surface area contributed by atoms with Crippen LogP contribution in [-0.4, -0.2) is 41.6 Å². The van der Waals surface area contributed by atoms with Crippen LogP contribution in [0.2, 0.25) is 0 Å². The molecule has 2 aromatic carbocycles. The molecule has 26 heavy (non-hydrogen) atoms. The molecule has 1 N–H and O–H groups in total. The number of carbonyl (C=O) groups is 1. The SMILES string of the molecule is O=C(O)c1ccccc1SN1CCN(c2cccc(C(F)(F)F)c2)CC1. The molecule has 0 aliphatic carbocycles. The van der Waals surface area contributed by atoms with Crippen LogP contribution in [0.15, 0.2) is 53.4 Å². The first-order valence-electron chi connectivity index (χ1n) is 8.02. The van der Waals surface area contributed by atoms with Gasteiger partial charge in [-0.25, -0.2) is 9.10 Å². The molecule has 0 radical (unpaired) electrons. The van der Waals surface area contributed by atoms with Crippen LogP contribution in [0.4, 0.5) is 18.9 Å². The Kier molecular flexibility index (Phi) is 5.43. The van der Waals surface area contributed by atoms with Gasteiger partial charge in [0.1, 0.15) is 0 Å². The molecule has 138 valence electrons.